The van der Waals surface area contributed by atoms with Crippen LogP contribution in [0, 0.1) is 18.3 Å². The number of hydrogen-bond donors (Lipinski definition) is 1. The van der Waals surface area contributed by atoms with Gasteiger partial charge in [0.25, 0.3) is 0 Å². The van der Waals surface area contributed by atoms with Crippen molar-refractivity contribution in [3.63, 3.8) is 0 Å². The highest BCUT2D eigenvalue weighted by Crippen LogP contribution is 2.43. The van der Waals surface area contributed by atoms with Crippen LogP contribution in [0.2, 0.25) is 0 Å². The molecule has 0 fully saturated rings. The van der Waals surface area contributed by atoms with Crippen LogP contribution in [-0.2, 0) is 32.2 Å². The summed E-state index contributed by atoms with van der Waals surface area (Å²) in [4.78, 5) is 27.6. The van der Waals surface area contributed by atoms with Crippen LogP contribution in [0.25, 0.3) is 0 Å². The molecule has 0 radical (unpaired) electrons. The van der Waals surface area contributed by atoms with Crippen LogP contribution in [0.5, 0.6) is 5.75 Å². The van der Waals surface area contributed by atoms with Gasteiger partial charge >= 0.3 is 11.9 Å². The molecule has 0 saturated heterocycles. The molecule has 1 aromatic heterocycles. The molecular weight excluding hydrogens is 498 g/mol. The number of carbonyl (C=O) groups excluding carboxylic acids is 2. The molecule has 0 bridgehead atoms. The third-order valence-corrected chi connectivity index (χ3v) is 6.47. The molecule has 10 heteroatoms. The van der Waals surface area contributed by atoms with Crippen molar-refractivity contribution < 1.29 is 23.8 Å². The van der Waals surface area contributed by atoms with Crippen molar-refractivity contribution in [2.45, 2.75) is 32.9 Å². The van der Waals surface area contributed by atoms with E-state index in [2.05, 4.69) is 11.2 Å². The Labute approximate surface area is 226 Å². The number of ether oxygens (including phenoxy) is 3. The topological polar surface area (TPSA) is 133 Å². The number of rotatable bonds is 8. The number of aryl methyl sites for hydroxylation is 2. The maximum Gasteiger partial charge on any atom is 0.355 e. The van der Waals surface area contributed by atoms with Gasteiger partial charge in [0, 0.05) is 24.0 Å². The summed E-state index contributed by atoms with van der Waals surface area (Å²) in [6, 6.07) is 17.8. The number of methoxy groups -OCH3 is 2. The summed E-state index contributed by atoms with van der Waals surface area (Å²) in [5.41, 5.74) is 9.33. The average molecular weight is 528 g/mol. The van der Waals surface area contributed by atoms with Gasteiger partial charge in [0.05, 0.1) is 43.0 Å². The third kappa shape index (κ3) is 5.20. The zero-order valence-electron chi connectivity index (χ0n) is 22.2. The largest absolute Gasteiger partial charge is 0.489 e. The summed E-state index contributed by atoms with van der Waals surface area (Å²) >= 11 is 0. The van der Waals surface area contributed by atoms with Gasteiger partial charge in [-0.15, -0.1) is 0 Å². The van der Waals surface area contributed by atoms with Gasteiger partial charge in [-0.25, -0.2) is 9.59 Å². The van der Waals surface area contributed by atoms with Gasteiger partial charge in [-0.05, 0) is 43.7 Å². The van der Waals surface area contributed by atoms with Crippen molar-refractivity contribution in [1.82, 2.24) is 9.78 Å². The Kier molecular flexibility index (Phi) is 8.01. The quantitative estimate of drug-likeness (QED) is 0.436. The van der Waals surface area contributed by atoms with Crippen molar-refractivity contribution in [2.75, 3.05) is 19.1 Å². The van der Waals surface area contributed by atoms with Crippen LogP contribution in [-0.4, -0.2) is 35.9 Å². The number of nitrogens with two attached hydrogens (primary N) is 1. The summed E-state index contributed by atoms with van der Waals surface area (Å²) in [6.07, 6.45) is 1.94. The molecule has 3 aromatic rings. The Balaban J connectivity index is 1.77. The zero-order valence-corrected chi connectivity index (χ0v) is 22.2. The molecule has 0 spiro atoms. The second-order valence-electron chi connectivity index (χ2n) is 8.71. The molecule has 0 amide bonds. The van der Waals surface area contributed by atoms with Gasteiger partial charge in [0.2, 0.25) is 0 Å². The number of aromatic nitrogens is 2. The fraction of sp³-hybridized carbons (Fsp3) is 0.241. The van der Waals surface area contributed by atoms with Crippen LogP contribution >= 0.6 is 0 Å². The highest BCUT2D eigenvalue weighted by Gasteiger charge is 2.42. The minimum Gasteiger partial charge on any atom is -0.489 e. The molecule has 2 aromatic carbocycles. The molecule has 1 aliphatic heterocycles. The fourth-order valence-electron chi connectivity index (χ4n) is 4.50. The Morgan fingerprint density at radius 2 is 1.72 bits per heavy atom. The molecule has 39 heavy (non-hydrogen) atoms. The van der Waals surface area contributed by atoms with E-state index >= 15 is 0 Å². The Morgan fingerprint density at radius 3 is 2.28 bits per heavy atom. The minimum absolute atomic E-state index is 0.00400. The van der Waals surface area contributed by atoms with E-state index in [1.165, 1.54) is 19.1 Å². The lowest BCUT2D eigenvalue weighted by atomic mass is 9.81. The van der Waals surface area contributed by atoms with Crippen molar-refractivity contribution >= 4 is 17.6 Å². The van der Waals surface area contributed by atoms with Crippen molar-refractivity contribution in [1.29, 1.82) is 5.26 Å². The third-order valence-electron chi connectivity index (χ3n) is 6.47. The monoisotopic (exact) mass is 527 g/mol. The summed E-state index contributed by atoms with van der Waals surface area (Å²) in [6.45, 7) is 5.03. The maximum atomic E-state index is 13.2. The predicted molar refractivity (Wildman–Crippen MR) is 143 cm³/mol. The average Bonchev–Trinajstić information content (AvgIpc) is 3.34. The zero-order chi connectivity index (χ0) is 28.1. The lowest BCUT2D eigenvalue weighted by Gasteiger charge is -2.35. The van der Waals surface area contributed by atoms with E-state index < -0.39 is 17.9 Å². The van der Waals surface area contributed by atoms with Gasteiger partial charge in [-0.3, -0.25) is 9.58 Å². The number of nitrogens with zero attached hydrogens (tertiary/aromatic N) is 4. The van der Waals surface area contributed by atoms with Gasteiger partial charge in [0.15, 0.2) is 0 Å². The first-order valence-electron chi connectivity index (χ1n) is 12.3. The number of allylic oxidation sites excluding steroid dienone is 1. The molecule has 2 N–H and O–H groups in total. The van der Waals surface area contributed by atoms with Crippen molar-refractivity contribution in [3.8, 4) is 11.8 Å². The van der Waals surface area contributed by atoms with Crippen LogP contribution < -0.4 is 15.4 Å². The molecule has 2 heterocycles. The highest BCUT2D eigenvalue weighted by molar-refractivity contribution is 6.06. The summed E-state index contributed by atoms with van der Waals surface area (Å²) in [7, 11) is 2.42. The number of benzene rings is 2. The van der Waals surface area contributed by atoms with E-state index in [1.54, 1.807) is 54.6 Å². The molecule has 0 saturated carbocycles. The first kappa shape index (κ1) is 27.0. The van der Waals surface area contributed by atoms with Crippen LogP contribution in [0.4, 0.5) is 5.69 Å². The van der Waals surface area contributed by atoms with Gasteiger partial charge in [-0.1, -0.05) is 30.3 Å². The van der Waals surface area contributed by atoms with E-state index in [9.17, 15) is 14.9 Å². The van der Waals surface area contributed by atoms with Crippen LogP contribution in [0.15, 0.2) is 83.5 Å². The lowest BCUT2D eigenvalue weighted by molar-refractivity contribution is -0.139. The molecule has 0 aliphatic carbocycles. The molecule has 10 nitrogen and oxygen atoms in total. The van der Waals surface area contributed by atoms with Gasteiger partial charge < -0.3 is 19.9 Å². The Hall–Kier alpha value is -5.04. The molecule has 1 atom stereocenters. The summed E-state index contributed by atoms with van der Waals surface area (Å²) in [5.74, 6) is -1.95. The molecule has 200 valence electrons. The number of anilines is 1. The van der Waals surface area contributed by atoms with E-state index in [4.69, 9.17) is 19.9 Å². The number of esters is 2. The summed E-state index contributed by atoms with van der Waals surface area (Å²) in [5, 5.41) is 14.6. The maximum absolute atomic E-state index is 13.2. The van der Waals surface area contributed by atoms with E-state index in [0.717, 1.165) is 17.8 Å². The second-order valence-corrected chi connectivity index (χ2v) is 8.71. The van der Waals surface area contributed by atoms with E-state index in [-0.39, 0.29) is 22.7 Å². The number of hydrogen-bond acceptors (Lipinski definition) is 9. The number of nitriles is 1. The van der Waals surface area contributed by atoms with E-state index in [0.29, 0.717) is 23.6 Å². The normalized spacial score (nSPS) is 15.2. The molecule has 1 aliphatic rings. The number of carbonyl (C=O) groups is 2. The van der Waals surface area contributed by atoms with Gasteiger partial charge in [-0.2, -0.15) is 10.4 Å². The first-order chi connectivity index (χ1) is 18.8. The SMILES string of the molecule is CCn1cc(COc2ccc(N3C(N)=C(C#N)C(c4ccccc4)C(C(=O)OC)=C3C(=O)OC)cc2)c(C)n1. The van der Waals surface area contributed by atoms with Gasteiger partial charge in [0.1, 0.15) is 23.9 Å². The molecule has 4 rings (SSSR count). The molecule has 1 unspecified atom stereocenters. The standard InChI is InChI=1S/C29H29N5O5/c1-5-33-16-20(18(2)32-33)17-39-22-13-11-21(12-14-22)34-26(29(36)38-4)25(28(35)37-3)24(23(15-30)27(34)31)19-9-7-6-8-10-19/h6-14,16,24H,5,17,31H2,1-4H3. The fourth-order valence-corrected chi connectivity index (χ4v) is 4.50. The van der Waals surface area contributed by atoms with Crippen LogP contribution in [0.3, 0.4) is 0 Å². The smallest absolute Gasteiger partial charge is 0.355 e. The lowest BCUT2D eigenvalue weighted by Crippen LogP contribution is -2.40. The van der Waals surface area contributed by atoms with Crippen molar-refractivity contribution in [2.24, 2.45) is 5.73 Å². The van der Waals surface area contributed by atoms with E-state index in [1.807, 2.05) is 24.7 Å². The highest BCUT2D eigenvalue weighted by atomic mass is 16.5. The first-order valence-corrected chi connectivity index (χ1v) is 12.3. The second kappa shape index (κ2) is 11.6. The predicted octanol–water partition coefficient (Wildman–Crippen LogP) is 3.69. The Morgan fingerprint density at radius 1 is 1.05 bits per heavy atom. The van der Waals surface area contributed by atoms with Crippen molar-refractivity contribution in [3.05, 3.63) is 100 Å². The Bertz CT molecular complexity index is 1480. The van der Waals surface area contributed by atoms with Crippen LogP contribution in [0.1, 0.15) is 29.7 Å². The molecular formula is C29H29N5O5. The summed E-state index contributed by atoms with van der Waals surface area (Å²) < 4.78 is 17.9. The minimum atomic E-state index is -0.927.